The Hall–Kier alpha value is -0.920. The number of hydrogen-bond donors (Lipinski definition) is 0. The number of ether oxygens (including phenoxy) is 1. The van der Waals surface area contributed by atoms with E-state index in [1.165, 1.54) is 0 Å². The molecule has 2 rings (SSSR count). The smallest absolute Gasteiger partial charge is 0.228 e. The first kappa shape index (κ1) is 22.4. The minimum atomic E-state index is -3.39. The van der Waals surface area contributed by atoms with Gasteiger partial charge in [-0.1, -0.05) is 20.8 Å². The molecule has 0 amide bonds. The molecule has 1 saturated heterocycles. The zero-order valence-electron chi connectivity index (χ0n) is 17.6. The molecule has 1 aromatic rings. The van der Waals surface area contributed by atoms with Crippen molar-refractivity contribution >= 4 is 9.84 Å². The van der Waals surface area contributed by atoms with Crippen molar-refractivity contribution in [1.82, 2.24) is 14.5 Å². The van der Waals surface area contributed by atoms with Crippen LogP contribution in [0.1, 0.15) is 66.0 Å². The normalized spacial score (nSPS) is 19.3. The summed E-state index contributed by atoms with van der Waals surface area (Å²) in [5.41, 5.74) is 0.992. The lowest BCUT2D eigenvalue weighted by Gasteiger charge is -2.32. The predicted molar refractivity (Wildman–Crippen MR) is 109 cm³/mol. The molecule has 0 bridgehead atoms. The summed E-state index contributed by atoms with van der Waals surface area (Å²) in [5.74, 6) is 0.511. The number of rotatable bonds is 10. The fraction of sp³-hybridized carbons (Fsp3) is 0.850. The summed E-state index contributed by atoms with van der Waals surface area (Å²) in [6.07, 6.45) is 6.24. The van der Waals surface area contributed by atoms with E-state index in [2.05, 4.69) is 30.7 Å². The lowest BCUT2D eigenvalue weighted by Crippen LogP contribution is -2.39. The third-order valence-corrected chi connectivity index (χ3v) is 7.19. The average molecular weight is 400 g/mol. The summed E-state index contributed by atoms with van der Waals surface area (Å²) >= 11 is 0. The van der Waals surface area contributed by atoms with Crippen LogP contribution in [0.5, 0.6) is 0 Å². The van der Waals surface area contributed by atoms with Crippen LogP contribution in [0.3, 0.4) is 0 Å². The molecule has 1 atom stereocenters. The van der Waals surface area contributed by atoms with Crippen molar-refractivity contribution in [3.63, 3.8) is 0 Å². The van der Waals surface area contributed by atoms with Crippen molar-refractivity contribution in [3.05, 3.63) is 11.9 Å². The molecule has 0 N–H and O–H groups in total. The SMILES string of the molecule is CCCOC1CCCN(Cc2cnc(S(=O)(=O)C(C)C)n2CCC(C)C)C1. The first-order chi connectivity index (χ1) is 12.8. The Balaban J connectivity index is 2.19. The quantitative estimate of drug-likeness (QED) is 0.602. The molecular formula is C20H37N3O3S. The Morgan fingerprint density at radius 2 is 2.04 bits per heavy atom. The number of likely N-dealkylation sites (tertiary alicyclic amines) is 1. The van der Waals surface area contributed by atoms with E-state index in [9.17, 15) is 8.42 Å². The van der Waals surface area contributed by atoms with Gasteiger partial charge < -0.3 is 9.30 Å². The maximum Gasteiger partial charge on any atom is 0.228 e. The van der Waals surface area contributed by atoms with Gasteiger partial charge in [-0.05, 0) is 52.0 Å². The minimum absolute atomic E-state index is 0.226. The van der Waals surface area contributed by atoms with Crippen LogP contribution < -0.4 is 0 Å². The lowest BCUT2D eigenvalue weighted by atomic mass is 10.1. The van der Waals surface area contributed by atoms with Gasteiger partial charge in [0.2, 0.25) is 15.0 Å². The van der Waals surface area contributed by atoms with Crippen LogP contribution in [0.25, 0.3) is 0 Å². The van der Waals surface area contributed by atoms with E-state index in [-0.39, 0.29) is 11.3 Å². The molecule has 27 heavy (non-hydrogen) atoms. The highest BCUT2D eigenvalue weighted by Gasteiger charge is 2.28. The van der Waals surface area contributed by atoms with Gasteiger partial charge in [0.15, 0.2) is 0 Å². The van der Waals surface area contributed by atoms with Gasteiger partial charge in [-0.2, -0.15) is 0 Å². The standard InChI is InChI=1S/C20H37N3O3S/c1-6-12-26-19-8-7-10-22(15-19)14-18-13-21-20(27(24,25)17(4)5)23(18)11-9-16(2)3/h13,16-17,19H,6-12,14-15H2,1-5H3. The highest BCUT2D eigenvalue weighted by Crippen LogP contribution is 2.22. The topological polar surface area (TPSA) is 64.4 Å². The highest BCUT2D eigenvalue weighted by molar-refractivity contribution is 7.91. The van der Waals surface area contributed by atoms with E-state index in [4.69, 9.17) is 4.74 Å². The van der Waals surface area contributed by atoms with Crippen LogP contribution in [-0.4, -0.2) is 53.9 Å². The fourth-order valence-corrected chi connectivity index (χ4v) is 4.53. The van der Waals surface area contributed by atoms with E-state index in [1.807, 2.05) is 4.57 Å². The summed E-state index contributed by atoms with van der Waals surface area (Å²) in [4.78, 5) is 6.71. The van der Waals surface area contributed by atoms with Gasteiger partial charge in [-0.3, -0.25) is 4.90 Å². The van der Waals surface area contributed by atoms with Crippen molar-refractivity contribution in [2.45, 2.75) is 89.9 Å². The second kappa shape index (κ2) is 10.0. The molecule has 6 nitrogen and oxygen atoms in total. The lowest BCUT2D eigenvalue weighted by molar-refractivity contribution is -0.00283. The zero-order chi connectivity index (χ0) is 20.0. The molecule has 1 aromatic heterocycles. The number of aromatic nitrogens is 2. The summed E-state index contributed by atoms with van der Waals surface area (Å²) in [6.45, 7) is 14.0. The molecule has 7 heteroatoms. The van der Waals surface area contributed by atoms with Crippen LogP contribution in [0.2, 0.25) is 0 Å². The van der Waals surface area contributed by atoms with E-state index in [0.29, 0.717) is 12.5 Å². The third kappa shape index (κ3) is 6.03. The largest absolute Gasteiger partial charge is 0.377 e. The van der Waals surface area contributed by atoms with Crippen molar-refractivity contribution in [1.29, 1.82) is 0 Å². The van der Waals surface area contributed by atoms with E-state index in [0.717, 1.165) is 57.6 Å². The number of nitrogens with zero attached hydrogens (tertiary/aromatic N) is 3. The van der Waals surface area contributed by atoms with Gasteiger partial charge in [0.1, 0.15) is 0 Å². The Kier molecular flexibility index (Phi) is 8.31. The number of hydrogen-bond acceptors (Lipinski definition) is 5. The van der Waals surface area contributed by atoms with Crippen LogP contribution in [0.15, 0.2) is 11.4 Å². The first-order valence-electron chi connectivity index (χ1n) is 10.4. The molecule has 156 valence electrons. The molecule has 1 aliphatic rings. The summed E-state index contributed by atoms with van der Waals surface area (Å²) in [5, 5.41) is -0.240. The molecule has 0 aromatic carbocycles. The van der Waals surface area contributed by atoms with E-state index in [1.54, 1.807) is 20.0 Å². The van der Waals surface area contributed by atoms with Crippen molar-refractivity contribution < 1.29 is 13.2 Å². The molecule has 1 aliphatic heterocycles. The Morgan fingerprint density at radius 1 is 1.30 bits per heavy atom. The van der Waals surface area contributed by atoms with Crippen LogP contribution in [-0.2, 0) is 27.7 Å². The van der Waals surface area contributed by atoms with Gasteiger partial charge >= 0.3 is 0 Å². The molecule has 1 fully saturated rings. The highest BCUT2D eigenvalue weighted by atomic mass is 32.2. The molecule has 0 saturated carbocycles. The third-order valence-electron chi connectivity index (χ3n) is 5.11. The predicted octanol–water partition coefficient (Wildman–Crippen LogP) is 3.50. The fourth-order valence-electron chi connectivity index (χ4n) is 3.39. The minimum Gasteiger partial charge on any atom is -0.377 e. The molecule has 0 radical (unpaired) electrons. The molecular weight excluding hydrogens is 362 g/mol. The second-order valence-corrected chi connectivity index (χ2v) is 10.7. The first-order valence-corrected chi connectivity index (χ1v) is 11.9. The molecule has 2 heterocycles. The van der Waals surface area contributed by atoms with Gasteiger partial charge in [0, 0.05) is 26.2 Å². The summed E-state index contributed by atoms with van der Waals surface area (Å²) < 4.78 is 33.4. The van der Waals surface area contributed by atoms with Crippen molar-refractivity contribution in [3.8, 4) is 0 Å². The van der Waals surface area contributed by atoms with Gasteiger partial charge in [-0.15, -0.1) is 0 Å². The van der Waals surface area contributed by atoms with E-state index >= 15 is 0 Å². The van der Waals surface area contributed by atoms with Crippen LogP contribution in [0, 0.1) is 5.92 Å². The van der Waals surface area contributed by atoms with E-state index < -0.39 is 15.1 Å². The van der Waals surface area contributed by atoms with Gasteiger partial charge in [-0.25, -0.2) is 13.4 Å². The van der Waals surface area contributed by atoms with Crippen LogP contribution >= 0.6 is 0 Å². The molecule has 1 unspecified atom stereocenters. The summed E-state index contributed by atoms with van der Waals surface area (Å²) in [7, 11) is -3.39. The average Bonchev–Trinajstić information content (AvgIpc) is 3.01. The monoisotopic (exact) mass is 399 g/mol. The Bertz CT molecular complexity index is 683. The maximum absolute atomic E-state index is 12.8. The van der Waals surface area contributed by atoms with Gasteiger partial charge in [0.25, 0.3) is 0 Å². The Labute approximate surface area is 165 Å². The number of imidazole rings is 1. The van der Waals surface area contributed by atoms with Crippen LogP contribution in [0.4, 0.5) is 0 Å². The summed E-state index contributed by atoms with van der Waals surface area (Å²) in [6, 6.07) is 0. The second-order valence-electron chi connectivity index (χ2n) is 8.33. The molecule has 0 aliphatic carbocycles. The van der Waals surface area contributed by atoms with Crippen molar-refractivity contribution in [2.75, 3.05) is 19.7 Å². The van der Waals surface area contributed by atoms with Gasteiger partial charge in [0.05, 0.1) is 23.2 Å². The van der Waals surface area contributed by atoms with Crippen molar-refractivity contribution in [2.24, 2.45) is 5.92 Å². The molecule has 0 spiro atoms. The zero-order valence-corrected chi connectivity index (χ0v) is 18.5. The number of sulfone groups is 1. The Morgan fingerprint density at radius 3 is 2.67 bits per heavy atom. The number of piperidine rings is 1. The maximum atomic E-state index is 12.8.